The van der Waals surface area contributed by atoms with Crippen LogP contribution in [0.25, 0.3) is 10.9 Å². The van der Waals surface area contributed by atoms with E-state index in [1.54, 1.807) is 27.7 Å². The quantitative estimate of drug-likeness (QED) is 0.208. The highest BCUT2D eigenvalue weighted by Crippen LogP contribution is 2.26. The SMILES string of the molecule is CC(c1ccccc1)n1c(SCC(=O)c2ccc(N3CCCC3=O)cc2)nc2ccccc2c1=O. The van der Waals surface area contributed by atoms with Gasteiger partial charge in [0.05, 0.1) is 22.7 Å². The summed E-state index contributed by atoms with van der Waals surface area (Å²) in [7, 11) is 0. The van der Waals surface area contributed by atoms with E-state index in [-0.39, 0.29) is 29.0 Å². The normalized spacial score (nSPS) is 14.4. The number of ketones is 1. The van der Waals surface area contributed by atoms with Crippen molar-refractivity contribution in [3.05, 3.63) is 100 Å². The number of hydrogen-bond donors (Lipinski definition) is 0. The fourth-order valence-electron chi connectivity index (χ4n) is 4.41. The number of carbonyl (C=O) groups is 2. The molecule has 0 aliphatic carbocycles. The molecular weight excluding hydrogens is 458 g/mol. The van der Waals surface area contributed by atoms with Crippen molar-refractivity contribution in [1.29, 1.82) is 0 Å². The summed E-state index contributed by atoms with van der Waals surface area (Å²) >= 11 is 1.27. The van der Waals surface area contributed by atoms with Gasteiger partial charge in [0.15, 0.2) is 10.9 Å². The third kappa shape index (κ3) is 4.64. The van der Waals surface area contributed by atoms with Crippen molar-refractivity contribution in [3.63, 3.8) is 0 Å². The van der Waals surface area contributed by atoms with E-state index in [1.165, 1.54) is 11.8 Å². The standard InChI is InChI=1S/C28H25N3O3S/c1-19(20-8-3-2-4-9-20)31-27(34)23-10-5-6-11-24(23)29-28(31)35-18-25(32)21-13-15-22(16-14-21)30-17-7-12-26(30)33/h2-6,8-11,13-16,19H,7,12,17-18H2,1H3. The lowest BCUT2D eigenvalue weighted by Gasteiger charge is -2.20. The Hall–Kier alpha value is -3.71. The van der Waals surface area contributed by atoms with Crippen LogP contribution in [0, 0.1) is 0 Å². The molecule has 1 aliphatic rings. The average Bonchev–Trinajstić information content (AvgIpc) is 3.33. The first-order valence-corrected chi connectivity index (χ1v) is 12.6. The third-order valence-corrected chi connectivity index (χ3v) is 7.30. The molecule has 6 nitrogen and oxygen atoms in total. The number of amides is 1. The summed E-state index contributed by atoms with van der Waals surface area (Å²) in [5.41, 5.74) is 2.87. The number of nitrogens with zero attached hydrogens (tertiary/aromatic N) is 3. The fraction of sp³-hybridized carbons (Fsp3) is 0.214. The van der Waals surface area contributed by atoms with Crippen LogP contribution in [-0.4, -0.2) is 33.5 Å². The topological polar surface area (TPSA) is 72.3 Å². The zero-order valence-corrected chi connectivity index (χ0v) is 20.2. The second kappa shape index (κ2) is 9.88. The second-order valence-corrected chi connectivity index (χ2v) is 9.52. The van der Waals surface area contributed by atoms with Gasteiger partial charge >= 0.3 is 0 Å². The average molecular weight is 484 g/mol. The van der Waals surface area contributed by atoms with Gasteiger partial charge in [-0.25, -0.2) is 4.98 Å². The maximum atomic E-state index is 13.5. The highest BCUT2D eigenvalue weighted by molar-refractivity contribution is 7.99. The van der Waals surface area contributed by atoms with Crippen molar-refractivity contribution in [3.8, 4) is 0 Å². The summed E-state index contributed by atoms with van der Waals surface area (Å²) in [6.07, 6.45) is 1.43. The van der Waals surface area contributed by atoms with E-state index < -0.39 is 0 Å². The van der Waals surface area contributed by atoms with Crippen LogP contribution < -0.4 is 10.5 Å². The van der Waals surface area contributed by atoms with Crippen molar-refractivity contribution < 1.29 is 9.59 Å². The molecule has 1 amide bonds. The number of carbonyl (C=O) groups excluding carboxylic acids is 2. The van der Waals surface area contributed by atoms with Crippen LogP contribution in [-0.2, 0) is 4.79 Å². The molecule has 1 unspecified atom stereocenters. The summed E-state index contributed by atoms with van der Waals surface area (Å²) in [6, 6.07) is 24.0. The number of para-hydroxylation sites is 1. The molecule has 1 aromatic heterocycles. The zero-order chi connectivity index (χ0) is 24.4. The summed E-state index contributed by atoms with van der Waals surface area (Å²) in [6.45, 7) is 2.68. The van der Waals surface area contributed by atoms with E-state index >= 15 is 0 Å². The first-order chi connectivity index (χ1) is 17.0. The van der Waals surface area contributed by atoms with Crippen molar-refractivity contribution in [2.75, 3.05) is 17.2 Å². The number of hydrogen-bond acceptors (Lipinski definition) is 5. The Labute approximate surface area is 207 Å². The summed E-state index contributed by atoms with van der Waals surface area (Å²) in [5.74, 6) is 0.206. The lowest BCUT2D eigenvalue weighted by atomic mass is 10.1. The lowest BCUT2D eigenvalue weighted by Crippen LogP contribution is -2.27. The van der Waals surface area contributed by atoms with Crippen LogP contribution in [0.5, 0.6) is 0 Å². The predicted octanol–water partition coefficient (Wildman–Crippen LogP) is 5.11. The van der Waals surface area contributed by atoms with Gasteiger partial charge < -0.3 is 4.90 Å². The van der Waals surface area contributed by atoms with Gasteiger partial charge in [-0.3, -0.25) is 19.0 Å². The molecule has 1 saturated heterocycles. The van der Waals surface area contributed by atoms with Crippen LogP contribution in [0.3, 0.4) is 0 Å². The van der Waals surface area contributed by atoms with Gasteiger partial charge in [0.25, 0.3) is 5.56 Å². The molecule has 35 heavy (non-hydrogen) atoms. The minimum Gasteiger partial charge on any atom is -0.312 e. The molecule has 3 aromatic carbocycles. The molecule has 176 valence electrons. The molecule has 0 bridgehead atoms. The van der Waals surface area contributed by atoms with E-state index in [9.17, 15) is 14.4 Å². The van der Waals surface area contributed by atoms with Crippen LogP contribution in [0.2, 0.25) is 0 Å². The molecule has 0 radical (unpaired) electrons. The minimum absolute atomic E-state index is 0.0596. The monoisotopic (exact) mass is 483 g/mol. The van der Waals surface area contributed by atoms with Crippen molar-refractivity contribution in [1.82, 2.24) is 9.55 Å². The van der Waals surface area contributed by atoms with Crippen molar-refractivity contribution >= 4 is 40.0 Å². The second-order valence-electron chi connectivity index (χ2n) is 8.58. The first-order valence-electron chi connectivity index (χ1n) is 11.7. The van der Waals surface area contributed by atoms with Gasteiger partial charge in [-0.1, -0.05) is 54.2 Å². The summed E-state index contributed by atoms with van der Waals surface area (Å²) < 4.78 is 1.68. The Bertz CT molecular complexity index is 1450. The smallest absolute Gasteiger partial charge is 0.262 e. The maximum absolute atomic E-state index is 13.5. The molecule has 5 rings (SSSR count). The maximum Gasteiger partial charge on any atom is 0.262 e. The number of rotatable bonds is 7. The highest BCUT2D eigenvalue weighted by Gasteiger charge is 2.22. The van der Waals surface area contributed by atoms with E-state index in [2.05, 4.69) is 0 Å². The molecule has 0 saturated carbocycles. The molecule has 0 N–H and O–H groups in total. The Morgan fingerprint density at radius 2 is 1.69 bits per heavy atom. The fourth-order valence-corrected chi connectivity index (χ4v) is 5.38. The molecule has 1 fully saturated rings. The molecule has 1 aliphatic heterocycles. The molecule has 1 atom stereocenters. The van der Waals surface area contributed by atoms with Gasteiger partial charge in [0.1, 0.15) is 0 Å². The van der Waals surface area contributed by atoms with E-state index in [0.717, 1.165) is 17.7 Å². The van der Waals surface area contributed by atoms with Crippen LogP contribution in [0.15, 0.2) is 88.8 Å². The molecule has 4 aromatic rings. The number of aromatic nitrogens is 2. The Morgan fingerprint density at radius 3 is 2.40 bits per heavy atom. The molecule has 2 heterocycles. The Kier molecular flexibility index (Phi) is 6.51. The van der Waals surface area contributed by atoms with E-state index in [0.29, 0.717) is 34.6 Å². The van der Waals surface area contributed by atoms with Gasteiger partial charge in [-0.2, -0.15) is 0 Å². The number of thioether (sulfide) groups is 1. The van der Waals surface area contributed by atoms with Crippen LogP contribution in [0.4, 0.5) is 5.69 Å². The Balaban J connectivity index is 1.42. The van der Waals surface area contributed by atoms with Crippen molar-refractivity contribution in [2.24, 2.45) is 0 Å². The first kappa shape index (κ1) is 23.1. The molecular formula is C28H25N3O3S. The van der Waals surface area contributed by atoms with E-state index in [4.69, 9.17) is 4.98 Å². The highest BCUT2D eigenvalue weighted by atomic mass is 32.2. The third-order valence-electron chi connectivity index (χ3n) is 6.35. The van der Waals surface area contributed by atoms with E-state index in [1.807, 2.05) is 67.6 Å². The zero-order valence-electron chi connectivity index (χ0n) is 19.4. The van der Waals surface area contributed by atoms with Gasteiger partial charge in [-0.05, 0) is 55.3 Å². The number of benzene rings is 3. The largest absolute Gasteiger partial charge is 0.312 e. The number of fused-ring (bicyclic) bond motifs is 1. The van der Waals surface area contributed by atoms with Crippen LogP contribution >= 0.6 is 11.8 Å². The molecule has 7 heteroatoms. The number of Topliss-reactive ketones (excluding diaryl/α,β-unsaturated/α-hetero) is 1. The predicted molar refractivity (Wildman–Crippen MR) is 139 cm³/mol. The van der Waals surface area contributed by atoms with Gasteiger partial charge in [0, 0.05) is 24.2 Å². The minimum atomic E-state index is -0.240. The van der Waals surface area contributed by atoms with Crippen LogP contribution in [0.1, 0.15) is 41.7 Å². The molecule has 0 spiro atoms. The van der Waals surface area contributed by atoms with Crippen molar-refractivity contribution in [2.45, 2.75) is 31.0 Å². The Morgan fingerprint density at radius 1 is 0.971 bits per heavy atom. The van der Waals surface area contributed by atoms with Gasteiger partial charge in [0.2, 0.25) is 5.91 Å². The lowest BCUT2D eigenvalue weighted by molar-refractivity contribution is -0.117. The number of anilines is 1. The van der Waals surface area contributed by atoms with Gasteiger partial charge in [-0.15, -0.1) is 0 Å². The summed E-state index contributed by atoms with van der Waals surface area (Å²) in [5, 5.41) is 1.07. The summed E-state index contributed by atoms with van der Waals surface area (Å²) in [4.78, 5) is 45.0.